The van der Waals surface area contributed by atoms with Gasteiger partial charge in [0.05, 0.1) is 6.10 Å². The van der Waals surface area contributed by atoms with E-state index in [4.69, 9.17) is 23.2 Å². The number of aliphatic hydroxyl groups excluding tert-OH is 1. The van der Waals surface area contributed by atoms with E-state index >= 15 is 0 Å². The molecule has 2 unspecified atom stereocenters. The van der Waals surface area contributed by atoms with Crippen LogP contribution < -0.4 is 0 Å². The molecule has 2 rings (SSSR count). The Morgan fingerprint density at radius 2 is 1.75 bits per heavy atom. The Labute approximate surface area is 83.0 Å². The standard InChI is InChI=1S/C9H14Cl2O/c10-3-7-5-1-6(8(7)4-11)9(12)2-5/h5-9,12H,1-4H2/t5-,6-,7?,8?,9-/m0/s1. The second-order valence-corrected chi connectivity index (χ2v) is 4.72. The Kier molecular flexibility index (Phi) is 2.55. The highest BCUT2D eigenvalue weighted by Gasteiger charge is 2.51. The fourth-order valence-electron chi connectivity index (χ4n) is 3.03. The summed E-state index contributed by atoms with van der Waals surface area (Å²) < 4.78 is 0. The molecule has 70 valence electrons. The summed E-state index contributed by atoms with van der Waals surface area (Å²) in [4.78, 5) is 0. The number of halogens is 2. The molecule has 0 radical (unpaired) electrons. The summed E-state index contributed by atoms with van der Waals surface area (Å²) in [6, 6.07) is 0. The minimum Gasteiger partial charge on any atom is -0.393 e. The van der Waals surface area contributed by atoms with Crippen molar-refractivity contribution in [1.82, 2.24) is 0 Å². The maximum Gasteiger partial charge on any atom is 0.0574 e. The highest BCUT2D eigenvalue weighted by Crippen LogP contribution is 2.52. The van der Waals surface area contributed by atoms with Crippen LogP contribution in [0.15, 0.2) is 0 Å². The largest absolute Gasteiger partial charge is 0.393 e. The van der Waals surface area contributed by atoms with Gasteiger partial charge in [-0.2, -0.15) is 0 Å². The molecule has 2 saturated carbocycles. The molecule has 0 aromatic carbocycles. The van der Waals surface area contributed by atoms with Crippen LogP contribution in [0.4, 0.5) is 0 Å². The van der Waals surface area contributed by atoms with Gasteiger partial charge in [-0.3, -0.25) is 0 Å². The minimum atomic E-state index is -0.0989. The van der Waals surface area contributed by atoms with E-state index in [0.717, 1.165) is 12.8 Å². The van der Waals surface area contributed by atoms with Gasteiger partial charge >= 0.3 is 0 Å². The first-order valence-electron chi connectivity index (χ1n) is 4.58. The van der Waals surface area contributed by atoms with Crippen molar-refractivity contribution in [2.24, 2.45) is 23.7 Å². The zero-order valence-electron chi connectivity index (χ0n) is 6.92. The summed E-state index contributed by atoms with van der Waals surface area (Å²) in [5, 5.41) is 9.63. The molecule has 5 atom stereocenters. The molecule has 2 fully saturated rings. The van der Waals surface area contributed by atoms with E-state index in [0.29, 0.717) is 35.4 Å². The molecule has 0 spiro atoms. The van der Waals surface area contributed by atoms with Gasteiger partial charge in [-0.1, -0.05) is 0 Å². The van der Waals surface area contributed by atoms with Crippen LogP contribution in [0.25, 0.3) is 0 Å². The normalized spacial score (nSPS) is 51.8. The maximum absolute atomic E-state index is 9.63. The van der Waals surface area contributed by atoms with Crippen LogP contribution in [0.3, 0.4) is 0 Å². The summed E-state index contributed by atoms with van der Waals surface area (Å²) in [5.41, 5.74) is 0. The fraction of sp³-hybridized carbons (Fsp3) is 1.00. The van der Waals surface area contributed by atoms with Gasteiger partial charge in [0.1, 0.15) is 0 Å². The van der Waals surface area contributed by atoms with Crippen LogP contribution >= 0.6 is 23.2 Å². The van der Waals surface area contributed by atoms with E-state index in [2.05, 4.69) is 0 Å². The third-order valence-electron chi connectivity index (χ3n) is 3.68. The van der Waals surface area contributed by atoms with E-state index in [9.17, 15) is 5.11 Å². The molecular formula is C9H14Cl2O. The summed E-state index contributed by atoms with van der Waals surface area (Å²) >= 11 is 11.8. The van der Waals surface area contributed by atoms with Gasteiger partial charge in [-0.05, 0) is 36.5 Å². The van der Waals surface area contributed by atoms with Crippen LogP contribution in [0.2, 0.25) is 0 Å². The average molecular weight is 209 g/mol. The molecule has 2 aliphatic rings. The van der Waals surface area contributed by atoms with E-state index in [1.54, 1.807) is 0 Å². The lowest BCUT2D eigenvalue weighted by atomic mass is 9.80. The maximum atomic E-state index is 9.63. The number of fused-ring (bicyclic) bond motifs is 2. The summed E-state index contributed by atoms with van der Waals surface area (Å²) in [6.07, 6.45) is 2.00. The molecule has 12 heavy (non-hydrogen) atoms. The van der Waals surface area contributed by atoms with Crippen molar-refractivity contribution in [2.45, 2.75) is 18.9 Å². The molecule has 1 N–H and O–H groups in total. The Bertz CT molecular complexity index is 172. The van der Waals surface area contributed by atoms with Crippen molar-refractivity contribution in [1.29, 1.82) is 0 Å². The van der Waals surface area contributed by atoms with E-state index in [1.807, 2.05) is 0 Å². The van der Waals surface area contributed by atoms with Crippen molar-refractivity contribution in [2.75, 3.05) is 11.8 Å². The summed E-state index contributed by atoms with van der Waals surface area (Å²) in [5.74, 6) is 3.50. The highest BCUT2D eigenvalue weighted by atomic mass is 35.5. The lowest BCUT2D eigenvalue weighted by molar-refractivity contribution is 0.0665. The van der Waals surface area contributed by atoms with Gasteiger partial charge in [-0.15, -0.1) is 23.2 Å². The number of hydrogen-bond acceptors (Lipinski definition) is 1. The van der Waals surface area contributed by atoms with Crippen molar-refractivity contribution >= 4 is 23.2 Å². The molecule has 0 aromatic heterocycles. The van der Waals surface area contributed by atoms with Crippen LogP contribution in [-0.2, 0) is 0 Å². The number of alkyl halides is 2. The number of hydrogen-bond donors (Lipinski definition) is 1. The van der Waals surface area contributed by atoms with Crippen molar-refractivity contribution in [3.8, 4) is 0 Å². The predicted octanol–water partition coefficient (Wildman–Crippen LogP) is 2.10. The van der Waals surface area contributed by atoms with Gasteiger partial charge in [0.15, 0.2) is 0 Å². The Hall–Kier alpha value is 0.540. The highest BCUT2D eigenvalue weighted by molar-refractivity contribution is 6.19. The molecule has 1 nitrogen and oxygen atoms in total. The van der Waals surface area contributed by atoms with Crippen molar-refractivity contribution in [3.05, 3.63) is 0 Å². The lowest BCUT2D eigenvalue weighted by Gasteiger charge is -2.31. The predicted molar refractivity (Wildman–Crippen MR) is 50.6 cm³/mol. The van der Waals surface area contributed by atoms with Gasteiger partial charge in [0, 0.05) is 11.8 Å². The molecule has 2 bridgehead atoms. The third kappa shape index (κ3) is 1.18. The smallest absolute Gasteiger partial charge is 0.0574 e. The quantitative estimate of drug-likeness (QED) is 0.690. The monoisotopic (exact) mass is 208 g/mol. The minimum absolute atomic E-state index is 0.0989. The second kappa shape index (κ2) is 3.36. The molecule has 0 amide bonds. The van der Waals surface area contributed by atoms with Crippen LogP contribution in [-0.4, -0.2) is 23.0 Å². The SMILES string of the molecule is O[C@H]1C[C@@H]2C[C@H]1C(CCl)C2CCl. The third-order valence-corrected chi connectivity index (χ3v) is 4.39. The summed E-state index contributed by atoms with van der Waals surface area (Å²) in [7, 11) is 0. The topological polar surface area (TPSA) is 20.2 Å². The number of aliphatic hydroxyl groups is 1. The fourth-order valence-corrected chi connectivity index (χ4v) is 3.97. The Morgan fingerprint density at radius 1 is 1.08 bits per heavy atom. The van der Waals surface area contributed by atoms with Crippen LogP contribution in [0.1, 0.15) is 12.8 Å². The Balaban J connectivity index is 2.11. The van der Waals surface area contributed by atoms with E-state index in [1.165, 1.54) is 0 Å². The zero-order chi connectivity index (χ0) is 8.72. The molecule has 0 saturated heterocycles. The molecular weight excluding hydrogens is 195 g/mol. The first-order chi connectivity index (χ1) is 5.77. The van der Waals surface area contributed by atoms with Gasteiger partial charge in [0.25, 0.3) is 0 Å². The van der Waals surface area contributed by atoms with Crippen LogP contribution in [0.5, 0.6) is 0 Å². The molecule has 0 heterocycles. The van der Waals surface area contributed by atoms with Gasteiger partial charge in [-0.25, -0.2) is 0 Å². The zero-order valence-corrected chi connectivity index (χ0v) is 8.43. The van der Waals surface area contributed by atoms with E-state index in [-0.39, 0.29) is 6.10 Å². The van der Waals surface area contributed by atoms with Crippen LogP contribution in [0, 0.1) is 23.7 Å². The van der Waals surface area contributed by atoms with E-state index < -0.39 is 0 Å². The first kappa shape index (κ1) is 9.11. The molecule has 0 aromatic rings. The first-order valence-corrected chi connectivity index (χ1v) is 5.64. The molecule has 2 aliphatic carbocycles. The molecule has 3 heteroatoms. The van der Waals surface area contributed by atoms with Gasteiger partial charge in [0.2, 0.25) is 0 Å². The number of rotatable bonds is 2. The second-order valence-electron chi connectivity index (χ2n) is 4.10. The van der Waals surface area contributed by atoms with Crippen molar-refractivity contribution in [3.63, 3.8) is 0 Å². The lowest BCUT2D eigenvalue weighted by Crippen LogP contribution is -2.33. The Morgan fingerprint density at radius 3 is 2.33 bits per heavy atom. The molecule has 0 aliphatic heterocycles. The van der Waals surface area contributed by atoms with Crippen molar-refractivity contribution < 1.29 is 5.11 Å². The average Bonchev–Trinajstić information content (AvgIpc) is 2.58. The van der Waals surface area contributed by atoms with Gasteiger partial charge < -0.3 is 5.11 Å². The summed E-state index contributed by atoms with van der Waals surface area (Å²) in [6.45, 7) is 0.